The summed E-state index contributed by atoms with van der Waals surface area (Å²) in [7, 11) is 0. The molecule has 0 amide bonds. The van der Waals surface area contributed by atoms with Gasteiger partial charge in [0.1, 0.15) is 11.3 Å². The molecule has 1 aliphatic heterocycles. The van der Waals surface area contributed by atoms with Crippen LogP contribution in [0.1, 0.15) is 6.42 Å². The van der Waals surface area contributed by atoms with Gasteiger partial charge in [-0.2, -0.15) is 0 Å². The van der Waals surface area contributed by atoms with Gasteiger partial charge in [-0.25, -0.2) is 4.79 Å². The van der Waals surface area contributed by atoms with Crippen molar-refractivity contribution in [3.63, 3.8) is 0 Å². The Labute approximate surface area is 57.5 Å². The second-order valence-corrected chi connectivity index (χ2v) is 1.95. The van der Waals surface area contributed by atoms with Crippen LogP contribution in [-0.2, 0) is 4.79 Å². The van der Waals surface area contributed by atoms with E-state index in [0.717, 1.165) is 0 Å². The van der Waals surface area contributed by atoms with Gasteiger partial charge in [0.05, 0.1) is 0 Å². The Bertz CT molecular complexity index is 217. The average molecular weight is 141 g/mol. The Balaban J connectivity index is 2.90. The van der Waals surface area contributed by atoms with Crippen LogP contribution in [-0.4, -0.2) is 28.9 Å². The van der Waals surface area contributed by atoms with Crippen LogP contribution in [0.15, 0.2) is 16.3 Å². The molecule has 1 rings (SSSR count). The smallest absolute Gasteiger partial charge is 0.340 e. The summed E-state index contributed by atoms with van der Waals surface area (Å²) in [4.78, 5) is 14.0. The molecule has 0 spiro atoms. The Hall–Kier alpha value is -1.32. The molecule has 0 aromatic heterocycles. The number of nitrogens with zero attached hydrogens (tertiary/aromatic N) is 1. The Morgan fingerprint density at radius 3 is 2.80 bits per heavy atom. The third-order valence-corrected chi connectivity index (χ3v) is 1.24. The monoisotopic (exact) mass is 141 g/mol. The molecule has 4 heteroatoms. The van der Waals surface area contributed by atoms with Crippen LogP contribution in [0.4, 0.5) is 0 Å². The van der Waals surface area contributed by atoms with Crippen LogP contribution in [0.2, 0.25) is 0 Å². The minimum atomic E-state index is -1.12. The third kappa shape index (κ3) is 1.15. The first-order valence-corrected chi connectivity index (χ1v) is 2.87. The highest BCUT2D eigenvalue weighted by Gasteiger charge is 2.13. The lowest BCUT2D eigenvalue weighted by Crippen LogP contribution is -2.10. The van der Waals surface area contributed by atoms with E-state index in [1.165, 1.54) is 6.21 Å². The molecule has 0 unspecified atom stereocenters. The number of aliphatic hydroxyl groups excluding tert-OH is 1. The zero-order valence-corrected chi connectivity index (χ0v) is 5.24. The van der Waals surface area contributed by atoms with Crippen LogP contribution < -0.4 is 0 Å². The molecule has 1 aliphatic rings. The molecule has 0 aliphatic carbocycles. The normalized spacial score (nSPS) is 17.6. The number of carbonyl (C=O) groups is 1. The molecule has 0 atom stereocenters. The second kappa shape index (κ2) is 2.51. The molecule has 0 aromatic rings. The predicted octanol–water partition coefficient (Wildman–Crippen LogP) is 0.358. The molecule has 0 saturated carbocycles. The van der Waals surface area contributed by atoms with E-state index in [1.807, 2.05) is 0 Å². The van der Waals surface area contributed by atoms with Crippen LogP contribution in [0.3, 0.4) is 0 Å². The number of rotatable bonds is 1. The van der Waals surface area contributed by atoms with Gasteiger partial charge in [-0.15, -0.1) is 0 Å². The van der Waals surface area contributed by atoms with Crippen molar-refractivity contribution in [2.75, 3.05) is 6.54 Å². The minimum Gasteiger partial charge on any atom is -0.511 e. The first-order valence-electron chi connectivity index (χ1n) is 2.87. The highest BCUT2D eigenvalue weighted by molar-refractivity contribution is 6.09. The van der Waals surface area contributed by atoms with Gasteiger partial charge >= 0.3 is 5.97 Å². The molecule has 10 heavy (non-hydrogen) atoms. The lowest BCUT2D eigenvalue weighted by molar-refractivity contribution is -0.132. The van der Waals surface area contributed by atoms with Crippen molar-refractivity contribution in [1.82, 2.24) is 0 Å². The fraction of sp³-hybridized carbons (Fsp3) is 0.333. The molecular formula is C6H7NO3. The second-order valence-electron chi connectivity index (χ2n) is 1.95. The first kappa shape index (κ1) is 6.80. The summed E-state index contributed by atoms with van der Waals surface area (Å²) in [5, 5.41) is 17.3. The summed E-state index contributed by atoms with van der Waals surface area (Å²) in [6.07, 6.45) is 1.51. The van der Waals surface area contributed by atoms with E-state index in [-0.39, 0.29) is 11.3 Å². The van der Waals surface area contributed by atoms with Gasteiger partial charge in [0.25, 0.3) is 0 Å². The van der Waals surface area contributed by atoms with Crippen molar-refractivity contribution in [3.05, 3.63) is 11.3 Å². The van der Waals surface area contributed by atoms with Crippen molar-refractivity contribution >= 4 is 12.2 Å². The SMILES string of the molecule is O=C(O)C1=C(O)CCN=C1. The molecule has 0 aromatic carbocycles. The van der Waals surface area contributed by atoms with Gasteiger partial charge in [-0.1, -0.05) is 0 Å². The van der Waals surface area contributed by atoms with E-state index >= 15 is 0 Å². The van der Waals surface area contributed by atoms with E-state index in [9.17, 15) is 4.79 Å². The maximum atomic E-state index is 10.3. The van der Waals surface area contributed by atoms with Gasteiger partial charge in [-0.05, 0) is 0 Å². The average Bonchev–Trinajstić information content (AvgIpc) is 1.88. The van der Waals surface area contributed by atoms with Crippen molar-refractivity contribution < 1.29 is 15.0 Å². The number of carboxylic acids is 1. The van der Waals surface area contributed by atoms with Gasteiger partial charge in [0, 0.05) is 19.2 Å². The van der Waals surface area contributed by atoms with Crippen LogP contribution in [0.5, 0.6) is 0 Å². The van der Waals surface area contributed by atoms with E-state index in [0.29, 0.717) is 13.0 Å². The molecule has 54 valence electrons. The largest absolute Gasteiger partial charge is 0.511 e. The van der Waals surface area contributed by atoms with Crippen molar-refractivity contribution in [1.29, 1.82) is 0 Å². The maximum absolute atomic E-state index is 10.3. The number of dihydropyridines is 1. The first-order chi connectivity index (χ1) is 4.72. The molecule has 0 fully saturated rings. The Kier molecular flexibility index (Phi) is 1.71. The topological polar surface area (TPSA) is 69.9 Å². The molecule has 2 N–H and O–H groups in total. The molecule has 0 bridgehead atoms. The van der Waals surface area contributed by atoms with Crippen molar-refractivity contribution in [2.24, 2.45) is 4.99 Å². The molecule has 4 nitrogen and oxygen atoms in total. The van der Waals surface area contributed by atoms with Crippen molar-refractivity contribution in [2.45, 2.75) is 6.42 Å². The van der Waals surface area contributed by atoms with Crippen LogP contribution in [0.25, 0.3) is 0 Å². The van der Waals surface area contributed by atoms with Crippen LogP contribution >= 0.6 is 0 Å². The molecule has 0 radical (unpaired) electrons. The maximum Gasteiger partial charge on any atom is 0.340 e. The Morgan fingerprint density at radius 2 is 2.40 bits per heavy atom. The summed E-state index contributed by atoms with van der Waals surface area (Å²) >= 11 is 0. The lowest BCUT2D eigenvalue weighted by atomic mass is 10.1. The zero-order chi connectivity index (χ0) is 7.56. The van der Waals surface area contributed by atoms with Gasteiger partial charge in [-0.3, -0.25) is 4.99 Å². The van der Waals surface area contributed by atoms with E-state index in [4.69, 9.17) is 10.2 Å². The van der Waals surface area contributed by atoms with Gasteiger partial charge in [0.2, 0.25) is 0 Å². The third-order valence-electron chi connectivity index (χ3n) is 1.24. The predicted molar refractivity (Wildman–Crippen MR) is 35.3 cm³/mol. The fourth-order valence-electron chi connectivity index (χ4n) is 0.714. The van der Waals surface area contributed by atoms with Crippen LogP contribution in [0, 0.1) is 0 Å². The summed E-state index contributed by atoms with van der Waals surface area (Å²) in [5.74, 6) is -1.21. The van der Waals surface area contributed by atoms with Crippen molar-refractivity contribution in [3.8, 4) is 0 Å². The number of aliphatic hydroxyl groups is 1. The number of hydrogen-bond donors (Lipinski definition) is 2. The fourth-order valence-corrected chi connectivity index (χ4v) is 0.714. The molecular weight excluding hydrogens is 134 g/mol. The number of hydrogen-bond acceptors (Lipinski definition) is 3. The van der Waals surface area contributed by atoms with E-state index in [1.54, 1.807) is 0 Å². The number of aliphatic carboxylic acids is 1. The summed E-state index contributed by atoms with van der Waals surface area (Å²) in [5.41, 5.74) is -0.0914. The lowest BCUT2D eigenvalue weighted by Gasteiger charge is -2.04. The van der Waals surface area contributed by atoms with E-state index in [2.05, 4.69) is 4.99 Å². The summed E-state index contributed by atoms with van der Waals surface area (Å²) in [6.45, 7) is 0.475. The number of aliphatic imine (C=N–C) groups is 1. The van der Waals surface area contributed by atoms with Gasteiger partial charge < -0.3 is 10.2 Å². The standard InChI is InChI=1S/C6H7NO3/c8-5-1-2-7-3-4(5)6(9)10/h3,8H,1-2H2,(H,9,10). The molecule has 1 heterocycles. The summed E-state index contributed by atoms with van der Waals surface area (Å²) < 4.78 is 0. The quantitative estimate of drug-likeness (QED) is 0.553. The zero-order valence-electron chi connectivity index (χ0n) is 5.24. The Morgan fingerprint density at radius 1 is 1.70 bits per heavy atom. The highest BCUT2D eigenvalue weighted by atomic mass is 16.4. The summed E-state index contributed by atoms with van der Waals surface area (Å²) in [6, 6.07) is 0. The highest BCUT2D eigenvalue weighted by Crippen LogP contribution is 2.08. The van der Waals surface area contributed by atoms with Gasteiger partial charge in [0.15, 0.2) is 0 Å². The minimum absolute atomic E-state index is 0.0810. The van der Waals surface area contributed by atoms with E-state index < -0.39 is 5.97 Å². The molecule has 0 saturated heterocycles. The number of carboxylic acid groups (broad SMARTS) is 1.